The van der Waals surface area contributed by atoms with E-state index in [0.29, 0.717) is 32.3 Å². The monoisotopic (exact) mass is 381 g/mol. The zero-order valence-corrected chi connectivity index (χ0v) is 16.6. The number of nitrogens with one attached hydrogen (secondary N) is 2. The van der Waals surface area contributed by atoms with E-state index >= 15 is 0 Å². The van der Waals surface area contributed by atoms with E-state index in [0.717, 1.165) is 33.6 Å². The summed E-state index contributed by atoms with van der Waals surface area (Å²) in [6, 6.07) is 16.1. The van der Waals surface area contributed by atoms with E-state index in [1.54, 1.807) is 14.2 Å². The summed E-state index contributed by atoms with van der Waals surface area (Å²) in [5.74, 6) is 2.46. The maximum absolute atomic E-state index is 5.95. The lowest BCUT2D eigenvalue weighted by Crippen LogP contribution is -2.36. The molecule has 148 valence electrons. The summed E-state index contributed by atoms with van der Waals surface area (Å²) in [5.41, 5.74) is 3.17. The van der Waals surface area contributed by atoms with E-state index in [9.17, 15) is 0 Å². The second-order valence-electron chi connectivity index (χ2n) is 6.41. The highest BCUT2D eigenvalue weighted by atomic mass is 16.5. The Morgan fingerprint density at radius 1 is 1.04 bits per heavy atom. The number of para-hydroxylation sites is 1. The zero-order chi connectivity index (χ0) is 19.8. The lowest BCUT2D eigenvalue weighted by molar-refractivity contribution is 0.146. The number of nitrogens with zero attached hydrogens (tertiary/aromatic N) is 1. The molecule has 0 radical (unpaired) electrons. The van der Waals surface area contributed by atoms with Gasteiger partial charge in [0.2, 0.25) is 0 Å². The number of guanidine groups is 1. The Morgan fingerprint density at radius 3 is 2.64 bits per heavy atom. The summed E-state index contributed by atoms with van der Waals surface area (Å²) in [7, 11) is 3.42. The van der Waals surface area contributed by atoms with Gasteiger partial charge in [-0.2, -0.15) is 0 Å². The van der Waals surface area contributed by atoms with Crippen molar-refractivity contribution < 1.29 is 13.9 Å². The van der Waals surface area contributed by atoms with Gasteiger partial charge in [-0.3, -0.25) is 4.99 Å². The predicted molar refractivity (Wildman–Crippen MR) is 112 cm³/mol. The number of rotatable bonds is 8. The first-order valence-electron chi connectivity index (χ1n) is 9.33. The highest BCUT2D eigenvalue weighted by Crippen LogP contribution is 2.24. The highest BCUT2D eigenvalue weighted by Gasteiger charge is 2.10. The fourth-order valence-corrected chi connectivity index (χ4v) is 2.95. The number of furan rings is 1. The van der Waals surface area contributed by atoms with Crippen LogP contribution in [0, 0.1) is 6.92 Å². The Kier molecular flexibility index (Phi) is 6.92. The molecule has 0 aliphatic heterocycles. The summed E-state index contributed by atoms with van der Waals surface area (Å²) in [4.78, 5) is 4.29. The number of hydrogen-bond acceptors (Lipinski definition) is 4. The summed E-state index contributed by atoms with van der Waals surface area (Å²) in [6.45, 7) is 4.39. The van der Waals surface area contributed by atoms with Crippen LogP contribution in [0.4, 0.5) is 0 Å². The Morgan fingerprint density at radius 2 is 1.86 bits per heavy atom. The fraction of sp³-hybridized carbons (Fsp3) is 0.318. The van der Waals surface area contributed by atoms with Crippen molar-refractivity contribution in [3.05, 3.63) is 65.4 Å². The number of hydrogen-bond donors (Lipinski definition) is 2. The molecular weight excluding hydrogens is 354 g/mol. The van der Waals surface area contributed by atoms with Crippen LogP contribution in [0.15, 0.2) is 57.9 Å². The molecule has 0 spiro atoms. The minimum Gasteiger partial charge on any atom is -0.491 e. The smallest absolute Gasteiger partial charge is 0.191 e. The number of fused-ring (bicyclic) bond motifs is 1. The van der Waals surface area contributed by atoms with Crippen molar-refractivity contribution in [3.63, 3.8) is 0 Å². The largest absolute Gasteiger partial charge is 0.491 e. The van der Waals surface area contributed by atoms with Gasteiger partial charge in [0.1, 0.15) is 23.7 Å². The number of methoxy groups -OCH3 is 1. The predicted octanol–water partition coefficient (Wildman–Crippen LogP) is 3.63. The SMILES string of the molecule is CN=C(NCc1cccc(OCCOC)c1)NCc1oc2ccccc2c1C. The molecule has 1 heterocycles. The van der Waals surface area contributed by atoms with E-state index in [1.165, 1.54) is 0 Å². The van der Waals surface area contributed by atoms with Gasteiger partial charge in [0.15, 0.2) is 5.96 Å². The third kappa shape index (κ3) is 5.04. The van der Waals surface area contributed by atoms with Gasteiger partial charge in [-0.25, -0.2) is 0 Å². The van der Waals surface area contributed by atoms with Gasteiger partial charge in [0, 0.05) is 31.7 Å². The molecule has 0 bridgehead atoms. The average molecular weight is 381 g/mol. The van der Waals surface area contributed by atoms with Crippen molar-refractivity contribution in [1.82, 2.24) is 10.6 Å². The fourth-order valence-electron chi connectivity index (χ4n) is 2.95. The lowest BCUT2D eigenvalue weighted by atomic mass is 10.1. The van der Waals surface area contributed by atoms with E-state index in [1.807, 2.05) is 42.5 Å². The molecule has 0 unspecified atom stereocenters. The van der Waals surface area contributed by atoms with Crippen LogP contribution in [0.3, 0.4) is 0 Å². The standard InChI is InChI=1S/C22H27N3O3/c1-16-19-9-4-5-10-20(19)28-21(16)15-25-22(23-2)24-14-17-7-6-8-18(13-17)27-12-11-26-3/h4-10,13H,11-12,14-15H2,1-3H3,(H2,23,24,25). The van der Waals surface area contributed by atoms with Crippen LogP contribution in [0.1, 0.15) is 16.9 Å². The van der Waals surface area contributed by atoms with Crippen molar-refractivity contribution in [1.29, 1.82) is 0 Å². The molecule has 0 aliphatic rings. The summed E-state index contributed by atoms with van der Waals surface area (Å²) in [5, 5.41) is 7.78. The third-order valence-corrected chi connectivity index (χ3v) is 4.50. The molecule has 3 aromatic rings. The Hall–Kier alpha value is -2.99. The molecular formula is C22H27N3O3. The summed E-state index contributed by atoms with van der Waals surface area (Å²) >= 11 is 0. The molecule has 3 rings (SSSR count). The van der Waals surface area contributed by atoms with Crippen molar-refractivity contribution in [2.24, 2.45) is 4.99 Å². The van der Waals surface area contributed by atoms with Gasteiger partial charge in [-0.1, -0.05) is 30.3 Å². The molecule has 6 nitrogen and oxygen atoms in total. The maximum atomic E-state index is 5.95. The van der Waals surface area contributed by atoms with Gasteiger partial charge >= 0.3 is 0 Å². The molecule has 1 aromatic heterocycles. The van der Waals surface area contributed by atoms with E-state index in [4.69, 9.17) is 13.9 Å². The zero-order valence-electron chi connectivity index (χ0n) is 16.6. The number of benzene rings is 2. The molecule has 6 heteroatoms. The summed E-state index contributed by atoms with van der Waals surface area (Å²) in [6.07, 6.45) is 0. The van der Waals surface area contributed by atoms with Crippen LogP contribution in [0.25, 0.3) is 11.0 Å². The molecule has 28 heavy (non-hydrogen) atoms. The van der Waals surface area contributed by atoms with Crippen LogP contribution in [0.5, 0.6) is 5.75 Å². The highest BCUT2D eigenvalue weighted by molar-refractivity contribution is 5.82. The van der Waals surface area contributed by atoms with Gasteiger partial charge < -0.3 is 24.5 Å². The maximum Gasteiger partial charge on any atom is 0.191 e. The minimum absolute atomic E-state index is 0.535. The summed E-state index contributed by atoms with van der Waals surface area (Å²) < 4.78 is 16.6. The average Bonchev–Trinajstić information content (AvgIpc) is 3.05. The Bertz CT molecular complexity index is 934. The van der Waals surface area contributed by atoms with Crippen LogP contribution < -0.4 is 15.4 Å². The Labute approximate surface area is 165 Å². The molecule has 0 fully saturated rings. The van der Waals surface area contributed by atoms with Gasteiger partial charge in [0.05, 0.1) is 13.2 Å². The number of ether oxygens (including phenoxy) is 2. The van der Waals surface area contributed by atoms with Crippen LogP contribution >= 0.6 is 0 Å². The van der Waals surface area contributed by atoms with Crippen molar-refractivity contribution >= 4 is 16.9 Å². The molecule has 2 N–H and O–H groups in total. The second-order valence-corrected chi connectivity index (χ2v) is 6.41. The van der Waals surface area contributed by atoms with Crippen molar-refractivity contribution in [2.75, 3.05) is 27.4 Å². The van der Waals surface area contributed by atoms with Gasteiger partial charge in [-0.15, -0.1) is 0 Å². The second kappa shape index (κ2) is 9.80. The molecule has 0 atom stereocenters. The van der Waals surface area contributed by atoms with Crippen LogP contribution in [0.2, 0.25) is 0 Å². The first kappa shape index (κ1) is 19.8. The van der Waals surface area contributed by atoms with Gasteiger partial charge in [-0.05, 0) is 30.7 Å². The van der Waals surface area contributed by atoms with Crippen molar-refractivity contribution in [3.8, 4) is 5.75 Å². The van der Waals surface area contributed by atoms with E-state index in [2.05, 4.69) is 28.6 Å². The number of aryl methyl sites for hydroxylation is 1. The molecule has 0 amide bonds. The molecule has 0 aliphatic carbocycles. The molecule has 2 aromatic carbocycles. The topological polar surface area (TPSA) is 68.0 Å². The first-order valence-corrected chi connectivity index (χ1v) is 9.33. The quantitative estimate of drug-likeness (QED) is 0.354. The van der Waals surface area contributed by atoms with Crippen LogP contribution in [-0.2, 0) is 17.8 Å². The van der Waals surface area contributed by atoms with E-state index < -0.39 is 0 Å². The molecule has 0 saturated carbocycles. The normalized spacial score (nSPS) is 11.6. The first-order chi connectivity index (χ1) is 13.7. The lowest BCUT2D eigenvalue weighted by Gasteiger charge is -2.12. The minimum atomic E-state index is 0.535. The van der Waals surface area contributed by atoms with Gasteiger partial charge in [0.25, 0.3) is 0 Å². The number of aliphatic imine (C=N–C) groups is 1. The van der Waals surface area contributed by atoms with Crippen molar-refractivity contribution in [2.45, 2.75) is 20.0 Å². The Balaban J connectivity index is 1.55. The van der Waals surface area contributed by atoms with Crippen LogP contribution in [-0.4, -0.2) is 33.3 Å². The third-order valence-electron chi connectivity index (χ3n) is 4.50. The van der Waals surface area contributed by atoms with E-state index in [-0.39, 0.29) is 0 Å². The molecule has 0 saturated heterocycles.